The minimum absolute atomic E-state index is 0.428. The summed E-state index contributed by atoms with van der Waals surface area (Å²) in [5.74, 6) is -0.428. The summed E-state index contributed by atoms with van der Waals surface area (Å²) in [5, 5.41) is 8.47. The maximum atomic E-state index is 11.6. The topological polar surface area (TPSA) is 84.7 Å². The van der Waals surface area contributed by atoms with E-state index in [-0.39, 0.29) is 0 Å². The molecular formula is C21H16N4OS. The summed E-state index contributed by atoms with van der Waals surface area (Å²) >= 11 is 1.50. The van der Waals surface area contributed by atoms with Crippen molar-refractivity contribution in [1.82, 2.24) is 15.2 Å². The highest BCUT2D eigenvalue weighted by Gasteiger charge is 2.10. The quantitative estimate of drug-likeness (QED) is 0.544. The molecule has 0 bridgehead atoms. The van der Waals surface area contributed by atoms with E-state index in [2.05, 4.69) is 15.2 Å². The van der Waals surface area contributed by atoms with Crippen molar-refractivity contribution in [3.8, 4) is 0 Å². The number of primary amides is 1. The van der Waals surface area contributed by atoms with Gasteiger partial charge >= 0.3 is 0 Å². The first-order chi connectivity index (χ1) is 13.2. The molecule has 132 valence electrons. The average Bonchev–Trinajstić information content (AvgIpc) is 3.10. The molecule has 1 amide bonds. The van der Waals surface area contributed by atoms with E-state index in [1.54, 1.807) is 12.3 Å². The summed E-state index contributed by atoms with van der Waals surface area (Å²) in [6.45, 7) is 0. The highest BCUT2D eigenvalue weighted by Crippen LogP contribution is 2.32. The monoisotopic (exact) mass is 372 g/mol. The highest BCUT2D eigenvalue weighted by molar-refractivity contribution is 7.99. The van der Waals surface area contributed by atoms with Crippen molar-refractivity contribution in [3.63, 3.8) is 0 Å². The van der Waals surface area contributed by atoms with Crippen molar-refractivity contribution < 1.29 is 4.79 Å². The van der Waals surface area contributed by atoms with Gasteiger partial charge in [0.1, 0.15) is 0 Å². The van der Waals surface area contributed by atoms with E-state index in [1.807, 2.05) is 66.7 Å². The van der Waals surface area contributed by atoms with Crippen LogP contribution in [0.3, 0.4) is 0 Å². The summed E-state index contributed by atoms with van der Waals surface area (Å²) in [7, 11) is 0. The number of carbonyl (C=O) groups is 1. The number of carbonyl (C=O) groups excluding carboxylic acids is 1. The second-order valence-corrected chi connectivity index (χ2v) is 6.98. The number of benzene rings is 2. The first-order valence-electron chi connectivity index (χ1n) is 8.34. The van der Waals surface area contributed by atoms with E-state index in [0.29, 0.717) is 5.56 Å². The molecule has 2 aromatic heterocycles. The van der Waals surface area contributed by atoms with Gasteiger partial charge in [0.15, 0.2) is 0 Å². The van der Waals surface area contributed by atoms with Crippen molar-refractivity contribution in [3.05, 3.63) is 83.8 Å². The molecule has 0 radical (unpaired) electrons. The Morgan fingerprint density at radius 1 is 1.04 bits per heavy atom. The fraction of sp³-hybridized carbons (Fsp3) is 0. The predicted octanol–water partition coefficient (Wildman–Crippen LogP) is 4.38. The van der Waals surface area contributed by atoms with Gasteiger partial charge in [-0.25, -0.2) is 0 Å². The van der Waals surface area contributed by atoms with Crippen molar-refractivity contribution >= 4 is 40.7 Å². The number of aromatic amines is 1. The van der Waals surface area contributed by atoms with E-state index in [4.69, 9.17) is 5.73 Å². The maximum Gasteiger partial charge on any atom is 0.249 e. The molecule has 6 heteroatoms. The van der Waals surface area contributed by atoms with Crippen molar-refractivity contribution in [2.24, 2.45) is 5.73 Å². The molecule has 0 fully saturated rings. The summed E-state index contributed by atoms with van der Waals surface area (Å²) in [6, 6.07) is 19.2. The Morgan fingerprint density at radius 3 is 2.70 bits per heavy atom. The SMILES string of the molecule is NC(=O)c1ccccc1Sc1ccc2c(C=Cc3ccccn3)n[nH]c2c1. The Bertz CT molecular complexity index is 1140. The van der Waals surface area contributed by atoms with Gasteiger partial charge in [-0.2, -0.15) is 5.10 Å². The number of nitrogens with two attached hydrogens (primary N) is 1. The number of hydrogen-bond acceptors (Lipinski definition) is 4. The van der Waals surface area contributed by atoms with Gasteiger partial charge in [-0.1, -0.05) is 30.0 Å². The molecule has 0 aliphatic heterocycles. The number of pyridine rings is 1. The fourth-order valence-electron chi connectivity index (χ4n) is 2.74. The van der Waals surface area contributed by atoms with Crippen LogP contribution in [0, 0.1) is 0 Å². The first kappa shape index (κ1) is 17.1. The number of aromatic nitrogens is 3. The molecule has 0 aliphatic rings. The second-order valence-electron chi connectivity index (χ2n) is 5.87. The Morgan fingerprint density at radius 2 is 1.89 bits per heavy atom. The largest absolute Gasteiger partial charge is 0.366 e. The summed E-state index contributed by atoms with van der Waals surface area (Å²) < 4.78 is 0. The maximum absolute atomic E-state index is 11.6. The lowest BCUT2D eigenvalue weighted by Gasteiger charge is -2.06. The third-order valence-electron chi connectivity index (χ3n) is 4.04. The van der Waals surface area contributed by atoms with E-state index in [1.165, 1.54) is 11.8 Å². The molecule has 0 saturated heterocycles. The lowest BCUT2D eigenvalue weighted by molar-refractivity contribution is 0.0997. The van der Waals surface area contributed by atoms with E-state index in [0.717, 1.165) is 32.1 Å². The van der Waals surface area contributed by atoms with Gasteiger partial charge in [-0.05, 0) is 54.6 Å². The van der Waals surface area contributed by atoms with E-state index >= 15 is 0 Å². The van der Waals surface area contributed by atoms with Crippen LogP contribution in [-0.2, 0) is 0 Å². The Balaban J connectivity index is 1.61. The predicted molar refractivity (Wildman–Crippen MR) is 108 cm³/mol. The van der Waals surface area contributed by atoms with Crippen LogP contribution < -0.4 is 5.73 Å². The van der Waals surface area contributed by atoms with Crippen LogP contribution >= 0.6 is 11.8 Å². The van der Waals surface area contributed by atoms with Crippen LogP contribution in [-0.4, -0.2) is 21.1 Å². The molecule has 27 heavy (non-hydrogen) atoms. The van der Waals surface area contributed by atoms with Gasteiger partial charge < -0.3 is 5.73 Å². The van der Waals surface area contributed by atoms with Gasteiger partial charge in [0.05, 0.1) is 22.5 Å². The molecule has 0 saturated carbocycles. The van der Waals surface area contributed by atoms with Crippen molar-refractivity contribution in [2.75, 3.05) is 0 Å². The average molecular weight is 372 g/mol. The zero-order chi connectivity index (χ0) is 18.6. The van der Waals surface area contributed by atoms with Crippen LogP contribution in [0.1, 0.15) is 21.7 Å². The Labute approximate surface area is 160 Å². The number of amides is 1. The number of H-pyrrole nitrogens is 1. The molecule has 5 nitrogen and oxygen atoms in total. The summed E-state index contributed by atoms with van der Waals surface area (Å²) in [4.78, 5) is 17.7. The molecule has 0 aliphatic carbocycles. The van der Waals surface area contributed by atoms with Gasteiger partial charge in [0.25, 0.3) is 0 Å². The van der Waals surface area contributed by atoms with Crippen LogP contribution in [0.2, 0.25) is 0 Å². The lowest BCUT2D eigenvalue weighted by atomic mass is 10.2. The minimum atomic E-state index is -0.428. The normalized spacial score (nSPS) is 11.3. The van der Waals surface area contributed by atoms with Gasteiger partial charge in [0, 0.05) is 21.4 Å². The van der Waals surface area contributed by atoms with Crippen LogP contribution in [0.4, 0.5) is 0 Å². The van der Waals surface area contributed by atoms with Crippen molar-refractivity contribution in [2.45, 2.75) is 9.79 Å². The zero-order valence-electron chi connectivity index (χ0n) is 14.3. The van der Waals surface area contributed by atoms with Crippen LogP contribution in [0.15, 0.2) is 76.7 Å². The van der Waals surface area contributed by atoms with Crippen LogP contribution in [0.25, 0.3) is 23.1 Å². The minimum Gasteiger partial charge on any atom is -0.366 e. The van der Waals surface area contributed by atoms with Crippen LogP contribution in [0.5, 0.6) is 0 Å². The van der Waals surface area contributed by atoms with Crippen molar-refractivity contribution in [1.29, 1.82) is 0 Å². The van der Waals surface area contributed by atoms with Gasteiger partial charge in [-0.3, -0.25) is 14.9 Å². The molecule has 2 heterocycles. The third-order valence-corrected chi connectivity index (χ3v) is 5.11. The number of rotatable bonds is 5. The lowest BCUT2D eigenvalue weighted by Crippen LogP contribution is -2.11. The second kappa shape index (κ2) is 7.47. The molecule has 0 atom stereocenters. The molecular weight excluding hydrogens is 356 g/mol. The van der Waals surface area contributed by atoms with E-state index in [9.17, 15) is 4.79 Å². The number of fused-ring (bicyclic) bond motifs is 1. The molecule has 4 aromatic rings. The van der Waals surface area contributed by atoms with E-state index < -0.39 is 5.91 Å². The number of nitrogens with zero attached hydrogens (tertiary/aromatic N) is 2. The first-order valence-corrected chi connectivity index (χ1v) is 9.16. The fourth-order valence-corrected chi connectivity index (χ4v) is 3.73. The molecule has 4 rings (SSSR count). The standard InChI is InChI=1S/C21H16N4OS/c22-21(26)17-6-1-2-7-20(17)27-15-9-10-16-18(24-25-19(16)13-15)11-8-14-5-3-4-12-23-14/h1-13H,(H2,22,26)(H,24,25). The number of hydrogen-bond donors (Lipinski definition) is 2. The van der Waals surface area contributed by atoms with Gasteiger partial charge in [0.2, 0.25) is 5.91 Å². The third kappa shape index (κ3) is 3.75. The zero-order valence-corrected chi connectivity index (χ0v) is 15.1. The molecule has 2 aromatic carbocycles. The molecule has 0 spiro atoms. The number of nitrogens with one attached hydrogen (secondary N) is 1. The highest BCUT2D eigenvalue weighted by atomic mass is 32.2. The summed E-state index contributed by atoms with van der Waals surface area (Å²) in [6.07, 6.45) is 5.63. The Hall–Kier alpha value is -3.38. The molecule has 0 unspecified atom stereocenters. The molecule has 3 N–H and O–H groups in total. The summed E-state index contributed by atoms with van der Waals surface area (Å²) in [5.41, 5.74) is 8.64. The Kier molecular flexibility index (Phi) is 4.72. The smallest absolute Gasteiger partial charge is 0.249 e. The van der Waals surface area contributed by atoms with Gasteiger partial charge in [-0.15, -0.1) is 0 Å².